The number of methoxy groups -OCH3 is 1. The Morgan fingerprint density at radius 1 is 1.33 bits per heavy atom. The average Bonchev–Trinajstić information content (AvgIpc) is 2.49. The third-order valence-corrected chi connectivity index (χ3v) is 4.34. The van der Waals surface area contributed by atoms with Gasteiger partial charge in [0.05, 0.1) is 13.7 Å². The highest BCUT2D eigenvalue weighted by Gasteiger charge is 2.41. The molecule has 0 aromatic carbocycles. The summed E-state index contributed by atoms with van der Waals surface area (Å²) in [7, 11) is 1.37. The molecule has 1 heterocycles. The van der Waals surface area contributed by atoms with Gasteiger partial charge in [0, 0.05) is 6.08 Å². The molecule has 1 N–H and O–H groups in total. The van der Waals surface area contributed by atoms with Crippen LogP contribution < -0.4 is 0 Å². The summed E-state index contributed by atoms with van der Waals surface area (Å²) in [6.45, 7) is 6.08. The Balaban J connectivity index is 2.23. The minimum absolute atomic E-state index is 0.0921. The van der Waals surface area contributed by atoms with Crippen molar-refractivity contribution in [2.75, 3.05) is 13.7 Å². The summed E-state index contributed by atoms with van der Waals surface area (Å²) in [6, 6.07) is 0. The molecule has 1 saturated heterocycles. The lowest BCUT2D eigenvalue weighted by Gasteiger charge is -2.33. The van der Waals surface area contributed by atoms with E-state index >= 15 is 0 Å². The molecule has 0 saturated carbocycles. The average molecular weight is 338 g/mol. The van der Waals surface area contributed by atoms with Gasteiger partial charge < -0.3 is 14.6 Å². The fourth-order valence-corrected chi connectivity index (χ4v) is 3.07. The van der Waals surface area contributed by atoms with Crippen LogP contribution in [0.5, 0.6) is 0 Å². The van der Waals surface area contributed by atoms with Crippen molar-refractivity contribution in [1.82, 2.24) is 0 Å². The van der Waals surface area contributed by atoms with E-state index in [1.807, 2.05) is 13.0 Å². The van der Waals surface area contributed by atoms with Gasteiger partial charge in [-0.2, -0.15) is 0 Å². The number of rotatable bonds is 10. The topological polar surface area (TPSA) is 72.8 Å². The maximum Gasteiger partial charge on any atom is 0.330 e. The maximum atomic E-state index is 11.2. The standard InChI is InChI=1S/C19H30O5/c1-13(9-14(2)10-15(3)11-18(21)23-4)7-5-6-8-17-16(12-20)19(22)24-17/h10-11,13,16-17,20H,5-9,12H2,1-4H3/t13?,16-,17-/m1/s1. The summed E-state index contributed by atoms with van der Waals surface area (Å²) in [5.74, 6) is -0.351. The van der Waals surface area contributed by atoms with E-state index in [-0.39, 0.29) is 30.6 Å². The van der Waals surface area contributed by atoms with Gasteiger partial charge in [-0.15, -0.1) is 0 Å². The van der Waals surface area contributed by atoms with E-state index in [1.54, 1.807) is 0 Å². The first-order valence-corrected chi connectivity index (χ1v) is 8.62. The quantitative estimate of drug-likeness (QED) is 0.287. The molecule has 24 heavy (non-hydrogen) atoms. The monoisotopic (exact) mass is 338 g/mol. The second-order valence-corrected chi connectivity index (χ2v) is 6.76. The van der Waals surface area contributed by atoms with Crippen molar-refractivity contribution >= 4 is 11.9 Å². The van der Waals surface area contributed by atoms with Crippen LogP contribution in [0.4, 0.5) is 0 Å². The third kappa shape index (κ3) is 6.87. The van der Waals surface area contributed by atoms with Crippen molar-refractivity contribution in [3.05, 3.63) is 23.3 Å². The Hall–Kier alpha value is -1.62. The van der Waals surface area contributed by atoms with Crippen LogP contribution in [-0.4, -0.2) is 36.9 Å². The van der Waals surface area contributed by atoms with Crippen LogP contribution in [0.15, 0.2) is 23.3 Å². The fourth-order valence-electron chi connectivity index (χ4n) is 3.07. The molecule has 1 aliphatic heterocycles. The zero-order valence-electron chi connectivity index (χ0n) is 15.2. The molecule has 1 aliphatic rings. The highest BCUT2D eigenvalue weighted by atomic mass is 16.6. The largest absolute Gasteiger partial charge is 0.466 e. The number of allylic oxidation sites excluding steroid dienone is 3. The van der Waals surface area contributed by atoms with Gasteiger partial charge in [-0.1, -0.05) is 31.4 Å². The molecule has 1 unspecified atom stereocenters. The zero-order chi connectivity index (χ0) is 18.1. The number of cyclic esters (lactones) is 1. The Morgan fingerprint density at radius 2 is 2.04 bits per heavy atom. The van der Waals surface area contributed by atoms with Crippen LogP contribution in [-0.2, 0) is 19.1 Å². The minimum Gasteiger partial charge on any atom is -0.466 e. The lowest BCUT2D eigenvalue weighted by Crippen LogP contribution is -2.47. The van der Waals surface area contributed by atoms with Crippen LogP contribution >= 0.6 is 0 Å². The number of hydrogen-bond donors (Lipinski definition) is 1. The summed E-state index contributed by atoms with van der Waals surface area (Å²) in [5.41, 5.74) is 2.14. The number of carbonyl (C=O) groups excluding carboxylic acids is 2. The van der Waals surface area contributed by atoms with Gasteiger partial charge in [-0.05, 0) is 44.6 Å². The Morgan fingerprint density at radius 3 is 2.62 bits per heavy atom. The molecule has 1 fully saturated rings. The molecular weight excluding hydrogens is 308 g/mol. The van der Waals surface area contributed by atoms with Gasteiger partial charge in [0.1, 0.15) is 12.0 Å². The van der Waals surface area contributed by atoms with Crippen LogP contribution in [0.2, 0.25) is 0 Å². The Bertz CT molecular complexity index is 492. The third-order valence-electron chi connectivity index (χ3n) is 4.34. The summed E-state index contributed by atoms with van der Waals surface area (Å²) < 4.78 is 9.66. The normalized spacial score (nSPS) is 22.6. The van der Waals surface area contributed by atoms with Crippen molar-refractivity contribution in [2.24, 2.45) is 11.8 Å². The number of carbonyl (C=O) groups is 2. The van der Waals surface area contributed by atoms with Crippen LogP contribution in [0.1, 0.15) is 52.9 Å². The zero-order valence-corrected chi connectivity index (χ0v) is 15.2. The predicted octanol–water partition coefficient (Wildman–Crippen LogP) is 3.17. The van der Waals surface area contributed by atoms with E-state index in [4.69, 9.17) is 9.84 Å². The SMILES string of the molecule is COC(=O)C=C(C)C=C(C)CC(C)CCCC[C@H]1OC(=O)[C@@H]1CO. The Labute approximate surface area is 144 Å². The molecule has 5 nitrogen and oxygen atoms in total. The molecule has 0 amide bonds. The first kappa shape index (κ1) is 20.4. The van der Waals surface area contributed by atoms with Gasteiger partial charge in [0.25, 0.3) is 0 Å². The summed E-state index contributed by atoms with van der Waals surface area (Å²) in [6.07, 6.45) is 8.43. The van der Waals surface area contributed by atoms with E-state index in [2.05, 4.69) is 18.6 Å². The molecule has 0 radical (unpaired) electrons. The fraction of sp³-hybridized carbons (Fsp3) is 0.684. The van der Waals surface area contributed by atoms with E-state index in [9.17, 15) is 9.59 Å². The second kappa shape index (κ2) is 10.3. The van der Waals surface area contributed by atoms with Gasteiger partial charge >= 0.3 is 11.9 Å². The second-order valence-electron chi connectivity index (χ2n) is 6.76. The number of esters is 2. The molecule has 3 atom stereocenters. The smallest absolute Gasteiger partial charge is 0.330 e. The lowest BCUT2D eigenvalue weighted by molar-refractivity contribution is -0.189. The molecule has 5 heteroatoms. The highest BCUT2D eigenvalue weighted by molar-refractivity contribution is 5.83. The molecule has 0 bridgehead atoms. The van der Waals surface area contributed by atoms with Gasteiger partial charge in [-0.25, -0.2) is 4.79 Å². The van der Waals surface area contributed by atoms with Gasteiger partial charge in [0.15, 0.2) is 0 Å². The first-order valence-electron chi connectivity index (χ1n) is 8.62. The maximum absolute atomic E-state index is 11.2. The number of hydrogen-bond acceptors (Lipinski definition) is 5. The first-order chi connectivity index (χ1) is 11.4. The van der Waals surface area contributed by atoms with E-state index in [0.717, 1.165) is 37.7 Å². The van der Waals surface area contributed by atoms with Crippen molar-refractivity contribution < 1.29 is 24.2 Å². The number of aliphatic hydroxyl groups excluding tert-OH is 1. The summed E-state index contributed by atoms with van der Waals surface area (Å²) >= 11 is 0. The molecule has 0 aromatic heterocycles. The molecule has 0 aromatic rings. The molecular formula is C19H30O5. The Kier molecular flexibility index (Phi) is 8.76. The number of aliphatic hydroxyl groups is 1. The lowest BCUT2D eigenvalue weighted by atomic mass is 9.91. The van der Waals surface area contributed by atoms with Crippen LogP contribution in [0.3, 0.4) is 0 Å². The predicted molar refractivity (Wildman–Crippen MR) is 92.2 cm³/mol. The highest BCUT2D eigenvalue weighted by Crippen LogP contribution is 2.27. The van der Waals surface area contributed by atoms with Crippen molar-refractivity contribution in [3.8, 4) is 0 Å². The molecule has 0 aliphatic carbocycles. The van der Waals surface area contributed by atoms with E-state index in [1.165, 1.54) is 18.8 Å². The molecule has 1 rings (SSSR count). The van der Waals surface area contributed by atoms with Gasteiger partial charge in [0.2, 0.25) is 0 Å². The van der Waals surface area contributed by atoms with Gasteiger partial charge in [-0.3, -0.25) is 4.79 Å². The van der Waals surface area contributed by atoms with Crippen molar-refractivity contribution in [1.29, 1.82) is 0 Å². The van der Waals surface area contributed by atoms with E-state index < -0.39 is 0 Å². The number of ether oxygens (including phenoxy) is 2. The van der Waals surface area contributed by atoms with E-state index in [0.29, 0.717) is 5.92 Å². The summed E-state index contributed by atoms with van der Waals surface area (Å²) in [5, 5.41) is 9.07. The molecule has 0 spiro atoms. The number of unbranched alkanes of at least 4 members (excludes halogenated alkanes) is 1. The molecule has 136 valence electrons. The van der Waals surface area contributed by atoms with Crippen molar-refractivity contribution in [3.63, 3.8) is 0 Å². The minimum atomic E-state index is -0.331. The van der Waals surface area contributed by atoms with Crippen molar-refractivity contribution in [2.45, 2.75) is 59.0 Å². The summed E-state index contributed by atoms with van der Waals surface area (Å²) in [4.78, 5) is 22.3. The van der Waals surface area contributed by atoms with Crippen LogP contribution in [0, 0.1) is 11.8 Å². The van der Waals surface area contributed by atoms with Crippen LogP contribution in [0.25, 0.3) is 0 Å².